The van der Waals surface area contributed by atoms with Gasteiger partial charge in [-0.25, -0.2) is 4.79 Å². The van der Waals surface area contributed by atoms with Gasteiger partial charge in [-0.1, -0.05) is 67.6 Å². The molecule has 126 valence electrons. The van der Waals surface area contributed by atoms with Gasteiger partial charge >= 0.3 is 5.97 Å². The molecule has 0 heterocycles. The van der Waals surface area contributed by atoms with E-state index in [0.717, 1.165) is 0 Å². The second-order valence-electron chi connectivity index (χ2n) is 5.45. The lowest BCUT2D eigenvalue weighted by molar-refractivity contribution is -0.150. The van der Waals surface area contributed by atoms with Crippen molar-refractivity contribution in [3.05, 3.63) is 71.8 Å². The fourth-order valence-corrected chi connectivity index (χ4v) is 2.71. The number of carbonyl (C=O) groups excluding carboxylic acids is 1. The molecule has 0 saturated heterocycles. The van der Waals surface area contributed by atoms with E-state index in [2.05, 4.69) is 5.32 Å². The van der Waals surface area contributed by atoms with E-state index < -0.39 is 23.5 Å². The number of ether oxygens (including phenoxy) is 1. The number of carbonyl (C=O) groups is 2. The lowest BCUT2D eigenvalue weighted by Gasteiger charge is -2.31. The highest BCUT2D eigenvalue weighted by Gasteiger charge is 2.41. The summed E-state index contributed by atoms with van der Waals surface area (Å²) in [6.07, 6.45) is -0.663. The molecule has 2 aromatic rings. The molecule has 1 amide bonds. The summed E-state index contributed by atoms with van der Waals surface area (Å²) >= 11 is 0. The van der Waals surface area contributed by atoms with Gasteiger partial charge in [0, 0.05) is 7.11 Å². The normalized spacial score (nSPS) is 14.4. The Hall–Kier alpha value is -2.66. The number of methoxy groups -OCH3 is 1. The van der Waals surface area contributed by atoms with Crippen LogP contribution in [0.3, 0.4) is 0 Å². The fourth-order valence-electron chi connectivity index (χ4n) is 2.71. The van der Waals surface area contributed by atoms with Crippen LogP contribution in [-0.2, 0) is 19.9 Å². The third kappa shape index (κ3) is 3.46. The summed E-state index contributed by atoms with van der Waals surface area (Å²) in [4.78, 5) is 24.7. The molecule has 0 aliphatic rings. The van der Waals surface area contributed by atoms with E-state index in [4.69, 9.17) is 4.74 Å². The lowest BCUT2D eigenvalue weighted by atomic mass is 9.86. The Labute approximate surface area is 141 Å². The first-order chi connectivity index (χ1) is 11.5. The summed E-state index contributed by atoms with van der Waals surface area (Å²) in [5, 5.41) is 12.5. The van der Waals surface area contributed by atoms with Crippen molar-refractivity contribution in [2.75, 3.05) is 7.11 Å². The van der Waals surface area contributed by atoms with Crippen LogP contribution in [0.5, 0.6) is 0 Å². The Morgan fingerprint density at radius 1 is 1.08 bits per heavy atom. The molecule has 0 aliphatic carbocycles. The molecule has 0 bridgehead atoms. The van der Waals surface area contributed by atoms with Crippen molar-refractivity contribution in [1.82, 2.24) is 5.32 Å². The number of aliphatic carboxylic acids is 1. The number of benzene rings is 2. The maximum absolute atomic E-state index is 12.7. The monoisotopic (exact) mass is 327 g/mol. The Bertz CT molecular complexity index is 687. The topological polar surface area (TPSA) is 75.6 Å². The molecule has 2 N–H and O–H groups in total. The first-order valence-electron chi connectivity index (χ1n) is 7.74. The van der Waals surface area contributed by atoms with Crippen molar-refractivity contribution < 1.29 is 19.4 Å². The van der Waals surface area contributed by atoms with E-state index in [-0.39, 0.29) is 6.42 Å². The van der Waals surface area contributed by atoms with Gasteiger partial charge in [-0.15, -0.1) is 0 Å². The molecule has 0 radical (unpaired) electrons. The number of amides is 1. The molecule has 2 atom stereocenters. The first-order valence-corrected chi connectivity index (χ1v) is 7.74. The van der Waals surface area contributed by atoms with E-state index >= 15 is 0 Å². The Kier molecular flexibility index (Phi) is 5.71. The summed E-state index contributed by atoms with van der Waals surface area (Å²) in [5.41, 5.74) is -0.304. The maximum atomic E-state index is 12.7. The fraction of sp³-hybridized carbons (Fsp3) is 0.263. The van der Waals surface area contributed by atoms with E-state index in [1.165, 1.54) is 7.11 Å². The van der Waals surface area contributed by atoms with Crippen LogP contribution in [0.2, 0.25) is 0 Å². The zero-order valence-corrected chi connectivity index (χ0v) is 13.7. The summed E-state index contributed by atoms with van der Waals surface area (Å²) < 4.78 is 5.30. The van der Waals surface area contributed by atoms with Crippen molar-refractivity contribution in [2.24, 2.45) is 0 Å². The zero-order chi connectivity index (χ0) is 17.6. The molecule has 2 rings (SSSR count). The molecule has 0 aromatic heterocycles. The maximum Gasteiger partial charge on any atom is 0.334 e. The second-order valence-corrected chi connectivity index (χ2v) is 5.45. The van der Waals surface area contributed by atoms with Crippen LogP contribution >= 0.6 is 0 Å². The van der Waals surface area contributed by atoms with Gasteiger partial charge < -0.3 is 15.2 Å². The average molecular weight is 327 g/mol. The van der Waals surface area contributed by atoms with E-state index in [9.17, 15) is 14.7 Å². The van der Waals surface area contributed by atoms with Crippen LogP contribution in [0.1, 0.15) is 30.6 Å². The van der Waals surface area contributed by atoms with Crippen molar-refractivity contribution in [3.63, 3.8) is 0 Å². The largest absolute Gasteiger partial charge is 0.479 e. The SMILES string of the molecule is CCC(NC(=O)C(OC)c1ccccc1)(C(=O)O)c1ccccc1. The third-order valence-electron chi connectivity index (χ3n) is 4.07. The Morgan fingerprint density at radius 3 is 2.08 bits per heavy atom. The third-order valence-corrected chi connectivity index (χ3v) is 4.07. The molecule has 2 unspecified atom stereocenters. The number of carboxylic acids is 1. The van der Waals surface area contributed by atoms with Crippen LogP contribution in [0, 0.1) is 0 Å². The minimum absolute atomic E-state index is 0.212. The van der Waals surface area contributed by atoms with Gasteiger partial charge in [-0.05, 0) is 17.5 Å². The van der Waals surface area contributed by atoms with Crippen molar-refractivity contribution in [1.29, 1.82) is 0 Å². The predicted molar refractivity (Wildman–Crippen MR) is 90.4 cm³/mol. The summed E-state index contributed by atoms with van der Waals surface area (Å²) in [7, 11) is 1.42. The molecule has 5 nitrogen and oxygen atoms in total. The number of carboxylic acid groups (broad SMARTS) is 1. The molecule has 0 spiro atoms. The predicted octanol–water partition coefficient (Wildman–Crippen LogP) is 2.88. The molecule has 24 heavy (non-hydrogen) atoms. The molecule has 0 saturated carbocycles. The summed E-state index contributed by atoms with van der Waals surface area (Å²) in [6, 6.07) is 17.7. The van der Waals surface area contributed by atoms with Crippen molar-refractivity contribution in [3.8, 4) is 0 Å². The molecule has 0 aliphatic heterocycles. The van der Waals surface area contributed by atoms with Crippen LogP contribution in [0.15, 0.2) is 60.7 Å². The molecule has 0 fully saturated rings. The van der Waals surface area contributed by atoms with E-state index in [0.29, 0.717) is 11.1 Å². The highest BCUT2D eigenvalue weighted by Crippen LogP contribution is 2.27. The van der Waals surface area contributed by atoms with Gasteiger partial charge in [0.05, 0.1) is 0 Å². The number of hydrogen-bond acceptors (Lipinski definition) is 3. The van der Waals surface area contributed by atoms with Gasteiger partial charge in [0.1, 0.15) is 0 Å². The first kappa shape index (κ1) is 17.7. The molecular weight excluding hydrogens is 306 g/mol. The summed E-state index contributed by atoms with van der Waals surface area (Å²) in [5.74, 6) is -1.59. The Morgan fingerprint density at radius 2 is 1.62 bits per heavy atom. The molecule has 2 aromatic carbocycles. The van der Waals surface area contributed by atoms with Crippen LogP contribution in [0.25, 0.3) is 0 Å². The van der Waals surface area contributed by atoms with E-state index in [1.807, 2.05) is 6.07 Å². The lowest BCUT2D eigenvalue weighted by Crippen LogP contribution is -2.53. The van der Waals surface area contributed by atoms with E-state index in [1.54, 1.807) is 61.5 Å². The average Bonchev–Trinajstić information content (AvgIpc) is 2.61. The van der Waals surface area contributed by atoms with Crippen LogP contribution in [-0.4, -0.2) is 24.1 Å². The highest BCUT2D eigenvalue weighted by molar-refractivity contribution is 5.90. The second kappa shape index (κ2) is 7.75. The molecule has 5 heteroatoms. The minimum Gasteiger partial charge on any atom is -0.479 e. The van der Waals surface area contributed by atoms with Crippen molar-refractivity contribution in [2.45, 2.75) is 25.0 Å². The van der Waals surface area contributed by atoms with Crippen molar-refractivity contribution >= 4 is 11.9 Å². The number of rotatable bonds is 7. The highest BCUT2D eigenvalue weighted by atomic mass is 16.5. The van der Waals surface area contributed by atoms with Crippen LogP contribution < -0.4 is 5.32 Å². The van der Waals surface area contributed by atoms with Gasteiger partial charge in [0.25, 0.3) is 5.91 Å². The van der Waals surface area contributed by atoms with Crippen LogP contribution in [0.4, 0.5) is 0 Å². The zero-order valence-electron chi connectivity index (χ0n) is 13.7. The molecular formula is C19H21NO4. The number of hydrogen-bond donors (Lipinski definition) is 2. The Balaban J connectivity index is 2.36. The minimum atomic E-state index is -1.50. The quantitative estimate of drug-likeness (QED) is 0.820. The van der Waals surface area contributed by atoms with Gasteiger partial charge in [0.15, 0.2) is 11.6 Å². The number of nitrogens with one attached hydrogen (secondary N) is 1. The smallest absolute Gasteiger partial charge is 0.334 e. The van der Waals surface area contributed by atoms with Gasteiger partial charge in [-0.2, -0.15) is 0 Å². The summed E-state index contributed by atoms with van der Waals surface area (Å²) in [6.45, 7) is 1.73. The van der Waals surface area contributed by atoms with Gasteiger partial charge in [0.2, 0.25) is 0 Å². The standard InChI is InChI=1S/C19H21NO4/c1-3-19(18(22)23,15-12-8-5-9-13-15)20-17(21)16(24-2)14-10-6-4-7-11-14/h4-13,16H,3H2,1-2H3,(H,20,21)(H,22,23). The van der Waals surface area contributed by atoms with Gasteiger partial charge in [-0.3, -0.25) is 4.79 Å².